The minimum Gasteiger partial charge on any atom is -0.374 e. The molecule has 1 amide bonds. The molecule has 98 valence electrons. The monoisotopic (exact) mass is 275 g/mol. The number of anilines is 1. The molecule has 6 nitrogen and oxygen atoms in total. The Morgan fingerprint density at radius 1 is 1.42 bits per heavy atom. The number of aromatic amines is 1. The summed E-state index contributed by atoms with van der Waals surface area (Å²) in [7, 11) is 0. The van der Waals surface area contributed by atoms with E-state index in [2.05, 4.69) is 15.6 Å². The van der Waals surface area contributed by atoms with Gasteiger partial charge in [-0.25, -0.2) is 5.01 Å². The number of benzene rings is 1. The van der Waals surface area contributed by atoms with Gasteiger partial charge in [-0.1, -0.05) is 18.2 Å². The molecule has 0 bridgehead atoms. The summed E-state index contributed by atoms with van der Waals surface area (Å²) in [5.74, 6) is -0.388. The third-order valence-corrected chi connectivity index (χ3v) is 2.57. The molecule has 2 rings (SSSR count). The van der Waals surface area contributed by atoms with Crippen molar-refractivity contribution in [2.24, 2.45) is 5.73 Å². The molecule has 0 aliphatic heterocycles. The van der Waals surface area contributed by atoms with Gasteiger partial charge in [0.25, 0.3) is 5.91 Å². The predicted molar refractivity (Wildman–Crippen MR) is 76.5 cm³/mol. The van der Waals surface area contributed by atoms with Crippen LogP contribution in [0.15, 0.2) is 36.4 Å². The van der Waals surface area contributed by atoms with Crippen molar-refractivity contribution in [1.29, 1.82) is 0 Å². The fourth-order valence-corrected chi connectivity index (χ4v) is 1.67. The van der Waals surface area contributed by atoms with Crippen LogP contribution in [0, 0.1) is 6.92 Å². The summed E-state index contributed by atoms with van der Waals surface area (Å²) in [6.45, 7) is 1.81. The van der Waals surface area contributed by atoms with Crippen molar-refractivity contribution in [1.82, 2.24) is 15.6 Å². The largest absolute Gasteiger partial charge is 0.374 e. The number of H-pyrrole nitrogens is 1. The standard InChI is InChI=1S/C12H13N5OS/c1-8-7-10(15-14-8)11(18)16-17(12(13)19)9-5-3-2-4-6-9/h2-7H,1H3,(H2,13,19)(H,14,15)(H,16,18). The van der Waals surface area contributed by atoms with E-state index in [1.807, 2.05) is 25.1 Å². The molecular weight excluding hydrogens is 262 g/mol. The molecule has 4 N–H and O–H groups in total. The van der Waals surface area contributed by atoms with Crippen LogP contribution in [-0.4, -0.2) is 21.2 Å². The number of nitrogens with two attached hydrogens (primary N) is 1. The first-order chi connectivity index (χ1) is 9.08. The fourth-order valence-electron chi connectivity index (χ4n) is 1.52. The Balaban J connectivity index is 2.18. The van der Waals surface area contributed by atoms with E-state index < -0.39 is 0 Å². The molecule has 0 aliphatic rings. The van der Waals surface area contributed by atoms with Gasteiger partial charge >= 0.3 is 0 Å². The second kappa shape index (κ2) is 5.49. The van der Waals surface area contributed by atoms with Gasteiger partial charge in [-0.05, 0) is 37.3 Å². The molecule has 0 radical (unpaired) electrons. The van der Waals surface area contributed by atoms with Gasteiger partial charge in [0.15, 0.2) is 10.8 Å². The highest BCUT2D eigenvalue weighted by Gasteiger charge is 2.16. The molecule has 1 aromatic heterocycles. The number of aryl methyl sites for hydroxylation is 1. The third-order valence-electron chi connectivity index (χ3n) is 2.39. The van der Waals surface area contributed by atoms with Crippen molar-refractivity contribution in [3.63, 3.8) is 0 Å². The van der Waals surface area contributed by atoms with Crippen LogP contribution in [0.1, 0.15) is 16.2 Å². The predicted octanol–water partition coefficient (Wildman–Crippen LogP) is 1.11. The molecule has 0 unspecified atom stereocenters. The van der Waals surface area contributed by atoms with E-state index in [0.717, 1.165) is 5.69 Å². The van der Waals surface area contributed by atoms with Gasteiger partial charge in [-0.2, -0.15) is 5.10 Å². The number of hydrogen-bond acceptors (Lipinski definition) is 3. The fraction of sp³-hybridized carbons (Fsp3) is 0.0833. The quantitative estimate of drug-likeness (QED) is 0.564. The van der Waals surface area contributed by atoms with Gasteiger partial charge in [0, 0.05) is 5.69 Å². The van der Waals surface area contributed by atoms with Crippen LogP contribution < -0.4 is 16.2 Å². The highest BCUT2D eigenvalue weighted by molar-refractivity contribution is 7.80. The molecule has 0 atom stereocenters. The Kier molecular flexibility index (Phi) is 3.76. The number of carbonyl (C=O) groups is 1. The van der Waals surface area contributed by atoms with E-state index >= 15 is 0 Å². The van der Waals surface area contributed by atoms with Gasteiger partial charge in [0.2, 0.25) is 0 Å². The number of para-hydroxylation sites is 1. The third kappa shape index (κ3) is 3.08. The second-order valence-corrected chi connectivity index (χ2v) is 4.30. The number of carbonyl (C=O) groups excluding carboxylic acids is 1. The van der Waals surface area contributed by atoms with E-state index in [0.29, 0.717) is 5.69 Å². The summed E-state index contributed by atoms with van der Waals surface area (Å²) >= 11 is 4.93. The molecule has 0 saturated heterocycles. The lowest BCUT2D eigenvalue weighted by molar-refractivity contribution is 0.0950. The summed E-state index contributed by atoms with van der Waals surface area (Å²) in [6.07, 6.45) is 0. The Hall–Kier alpha value is -2.41. The minimum absolute atomic E-state index is 0.0480. The summed E-state index contributed by atoms with van der Waals surface area (Å²) < 4.78 is 0. The number of nitrogens with one attached hydrogen (secondary N) is 2. The van der Waals surface area contributed by atoms with Gasteiger partial charge in [-0.15, -0.1) is 0 Å². The van der Waals surface area contributed by atoms with Crippen LogP contribution in [0.2, 0.25) is 0 Å². The molecule has 1 aromatic carbocycles. The maximum atomic E-state index is 12.0. The van der Waals surface area contributed by atoms with E-state index in [1.165, 1.54) is 5.01 Å². The molecule has 0 fully saturated rings. The maximum absolute atomic E-state index is 12.0. The highest BCUT2D eigenvalue weighted by atomic mass is 32.1. The summed E-state index contributed by atoms with van der Waals surface area (Å²) in [4.78, 5) is 12.0. The van der Waals surface area contributed by atoms with Crippen molar-refractivity contribution in [3.05, 3.63) is 47.8 Å². The number of rotatable bonds is 2. The van der Waals surface area contributed by atoms with Crippen molar-refractivity contribution in [2.75, 3.05) is 5.01 Å². The van der Waals surface area contributed by atoms with E-state index in [4.69, 9.17) is 18.0 Å². The van der Waals surface area contributed by atoms with Gasteiger partial charge in [0.1, 0.15) is 0 Å². The minimum atomic E-state index is -0.388. The Morgan fingerprint density at radius 2 is 2.11 bits per heavy atom. The molecule has 2 aromatic rings. The first kappa shape index (κ1) is 13.0. The smallest absolute Gasteiger partial charge is 0.290 e. The summed E-state index contributed by atoms with van der Waals surface area (Å²) in [5, 5.41) is 7.96. The van der Waals surface area contributed by atoms with E-state index in [-0.39, 0.29) is 16.7 Å². The van der Waals surface area contributed by atoms with Crippen molar-refractivity contribution < 1.29 is 4.79 Å². The van der Waals surface area contributed by atoms with Crippen LogP contribution >= 0.6 is 12.2 Å². The average molecular weight is 275 g/mol. The SMILES string of the molecule is Cc1cc(C(=O)NN(C(N)=S)c2ccccc2)n[nH]1. The van der Waals surface area contributed by atoms with Crippen LogP contribution in [0.3, 0.4) is 0 Å². The first-order valence-electron chi connectivity index (χ1n) is 5.55. The molecule has 0 aliphatic carbocycles. The Bertz CT molecular complexity index is 595. The molecule has 1 heterocycles. The van der Waals surface area contributed by atoms with Gasteiger partial charge in [-0.3, -0.25) is 15.3 Å². The number of thiocarbonyl (C=S) groups is 1. The lowest BCUT2D eigenvalue weighted by Gasteiger charge is -2.22. The number of hydrogen-bond donors (Lipinski definition) is 3. The number of amides is 1. The Morgan fingerprint density at radius 3 is 2.63 bits per heavy atom. The lowest BCUT2D eigenvalue weighted by atomic mass is 10.3. The van der Waals surface area contributed by atoms with Crippen LogP contribution in [-0.2, 0) is 0 Å². The summed E-state index contributed by atoms with van der Waals surface area (Å²) in [5.41, 5.74) is 9.97. The molecule has 0 spiro atoms. The normalized spacial score (nSPS) is 9.95. The number of nitrogens with zero attached hydrogens (tertiary/aromatic N) is 2. The number of hydrazine groups is 1. The molecule has 19 heavy (non-hydrogen) atoms. The maximum Gasteiger partial charge on any atom is 0.290 e. The second-order valence-electron chi connectivity index (χ2n) is 3.89. The Labute approximate surface area is 115 Å². The van der Waals surface area contributed by atoms with Crippen LogP contribution in [0.4, 0.5) is 5.69 Å². The topological polar surface area (TPSA) is 87.0 Å². The van der Waals surface area contributed by atoms with Crippen LogP contribution in [0.5, 0.6) is 0 Å². The summed E-state index contributed by atoms with van der Waals surface area (Å²) in [6, 6.07) is 10.7. The van der Waals surface area contributed by atoms with Gasteiger partial charge in [0.05, 0.1) is 5.69 Å². The van der Waals surface area contributed by atoms with Crippen molar-refractivity contribution in [2.45, 2.75) is 6.92 Å². The zero-order valence-electron chi connectivity index (χ0n) is 10.3. The average Bonchev–Trinajstić information content (AvgIpc) is 2.83. The number of aromatic nitrogens is 2. The van der Waals surface area contributed by atoms with Gasteiger partial charge < -0.3 is 5.73 Å². The highest BCUT2D eigenvalue weighted by Crippen LogP contribution is 2.11. The molecule has 0 saturated carbocycles. The zero-order chi connectivity index (χ0) is 13.8. The van der Waals surface area contributed by atoms with E-state index in [1.54, 1.807) is 18.2 Å². The van der Waals surface area contributed by atoms with Crippen molar-refractivity contribution in [3.8, 4) is 0 Å². The molecular formula is C12H13N5OS. The van der Waals surface area contributed by atoms with E-state index in [9.17, 15) is 4.79 Å². The first-order valence-corrected chi connectivity index (χ1v) is 5.96. The van der Waals surface area contributed by atoms with Crippen LogP contribution in [0.25, 0.3) is 0 Å². The zero-order valence-corrected chi connectivity index (χ0v) is 11.1. The van der Waals surface area contributed by atoms with Crippen molar-refractivity contribution >= 4 is 28.9 Å². The molecule has 7 heteroatoms. The lowest BCUT2D eigenvalue weighted by Crippen LogP contribution is -2.49.